The Bertz CT molecular complexity index is 456. The molecule has 0 atom stereocenters. The van der Waals surface area contributed by atoms with Crippen molar-refractivity contribution in [1.82, 2.24) is 0 Å². The van der Waals surface area contributed by atoms with Crippen molar-refractivity contribution in [2.75, 3.05) is 5.33 Å². The minimum Gasteiger partial charge on any atom is -0.144 e. The Morgan fingerprint density at radius 1 is 1.27 bits per heavy atom. The van der Waals surface area contributed by atoms with E-state index in [9.17, 15) is 0 Å². The monoisotopic (exact) mass is 282 g/mol. The van der Waals surface area contributed by atoms with Gasteiger partial charge < -0.3 is 0 Å². The van der Waals surface area contributed by atoms with E-state index in [2.05, 4.69) is 59.4 Å². The Labute approximate surface area is 103 Å². The molecule has 2 heteroatoms. The molecule has 15 heavy (non-hydrogen) atoms. The van der Waals surface area contributed by atoms with E-state index in [1.807, 2.05) is 11.3 Å². The maximum atomic E-state index is 3.54. The Morgan fingerprint density at radius 2 is 2.00 bits per heavy atom. The first-order valence-corrected chi connectivity index (χ1v) is 7.18. The minimum atomic E-state index is 0.267. The molecule has 0 saturated heterocycles. The number of rotatable bonds is 3. The second kappa shape index (κ2) is 4.26. The summed E-state index contributed by atoms with van der Waals surface area (Å²) in [4.78, 5) is 0. The van der Waals surface area contributed by atoms with Gasteiger partial charge in [-0.1, -0.05) is 48.0 Å². The van der Waals surface area contributed by atoms with Crippen molar-refractivity contribution in [3.63, 3.8) is 0 Å². The third kappa shape index (κ3) is 2.11. The number of benzene rings is 1. The lowest BCUT2D eigenvalue weighted by atomic mass is 9.82. The smallest absolute Gasteiger partial charge is 0.0345 e. The summed E-state index contributed by atoms with van der Waals surface area (Å²) in [5.41, 5.74) is 1.76. The second-order valence-electron chi connectivity index (χ2n) is 4.47. The number of hydrogen-bond donors (Lipinski definition) is 0. The van der Waals surface area contributed by atoms with Crippen LogP contribution in [-0.2, 0) is 5.41 Å². The molecule has 0 nitrogen and oxygen atoms in total. The van der Waals surface area contributed by atoms with Crippen molar-refractivity contribution in [1.29, 1.82) is 0 Å². The molecule has 0 unspecified atom stereocenters. The molecule has 0 aliphatic carbocycles. The molecule has 0 aliphatic rings. The maximum absolute atomic E-state index is 3.54. The van der Waals surface area contributed by atoms with Crippen molar-refractivity contribution in [2.45, 2.75) is 25.7 Å². The molecular formula is C13H15BrS. The van der Waals surface area contributed by atoms with Gasteiger partial charge in [0.1, 0.15) is 0 Å². The average Bonchev–Trinajstić information content (AvgIpc) is 2.61. The summed E-state index contributed by atoms with van der Waals surface area (Å²) in [6.07, 6.45) is 1.17. The van der Waals surface area contributed by atoms with Gasteiger partial charge in [-0.05, 0) is 34.2 Å². The van der Waals surface area contributed by atoms with Crippen LogP contribution < -0.4 is 0 Å². The third-order valence-electron chi connectivity index (χ3n) is 2.93. The predicted octanol–water partition coefficient (Wildman–Crippen LogP) is 4.96. The second-order valence-corrected chi connectivity index (χ2v) is 6.17. The van der Waals surface area contributed by atoms with E-state index in [-0.39, 0.29) is 5.41 Å². The Hall–Kier alpha value is -0.340. The standard InChI is InChI=1S/C13H15BrS/c1-13(2,7-8-14)11-9-15-12-6-4-3-5-10(11)12/h3-6,9H,7-8H2,1-2H3. The fraction of sp³-hybridized carbons (Fsp3) is 0.385. The lowest BCUT2D eigenvalue weighted by molar-refractivity contribution is 0.518. The molecule has 0 saturated carbocycles. The third-order valence-corrected chi connectivity index (χ3v) is 4.29. The zero-order valence-electron chi connectivity index (χ0n) is 9.09. The summed E-state index contributed by atoms with van der Waals surface area (Å²) < 4.78 is 1.40. The number of hydrogen-bond acceptors (Lipinski definition) is 1. The van der Waals surface area contributed by atoms with Crippen LogP contribution in [0.1, 0.15) is 25.8 Å². The Balaban J connectivity index is 2.52. The normalized spacial score (nSPS) is 12.2. The number of thiophene rings is 1. The molecule has 0 amide bonds. The molecule has 2 aromatic rings. The topological polar surface area (TPSA) is 0 Å². The highest BCUT2D eigenvalue weighted by molar-refractivity contribution is 9.09. The van der Waals surface area contributed by atoms with Crippen LogP contribution >= 0.6 is 27.3 Å². The van der Waals surface area contributed by atoms with Crippen LogP contribution in [0.5, 0.6) is 0 Å². The van der Waals surface area contributed by atoms with E-state index in [0.717, 1.165) is 5.33 Å². The molecule has 0 fully saturated rings. The average molecular weight is 283 g/mol. The van der Waals surface area contributed by atoms with E-state index >= 15 is 0 Å². The van der Waals surface area contributed by atoms with Crippen LogP contribution in [0.15, 0.2) is 29.6 Å². The van der Waals surface area contributed by atoms with Crippen molar-refractivity contribution >= 4 is 37.4 Å². The predicted molar refractivity (Wildman–Crippen MR) is 73.3 cm³/mol. The summed E-state index contributed by atoms with van der Waals surface area (Å²) in [6.45, 7) is 4.64. The molecule has 0 aliphatic heterocycles. The Morgan fingerprint density at radius 3 is 2.73 bits per heavy atom. The van der Waals surface area contributed by atoms with E-state index in [0.29, 0.717) is 0 Å². The van der Waals surface area contributed by atoms with Crippen LogP contribution in [0.25, 0.3) is 10.1 Å². The molecule has 1 aromatic carbocycles. The number of halogens is 1. The fourth-order valence-electron chi connectivity index (χ4n) is 1.87. The van der Waals surface area contributed by atoms with Crippen LogP contribution in [0.2, 0.25) is 0 Å². The molecule has 0 N–H and O–H groups in total. The molecule has 0 radical (unpaired) electrons. The number of alkyl halides is 1. The van der Waals surface area contributed by atoms with Crippen molar-refractivity contribution in [2.24, 2.45) is 0 Å². The van der Waals surface area contributed by atoms with Gasteiger partial charge in [0.25, 0.3) is 0 Å². The summed E-state index contributed by atoms with van der Waals surface area (Å²) in [6, 6.07) is 8.67. The van der Waals surface area contributed by atoms with Gasteiger partial charge in [0.05, 0.1) is 0 Å². The molecule has 0 spiro atoms. The first-order valence-electron chi connectivity index (χ1n) is 5.18. The first-order chi connectivity index (χ1) is 7.15. The largest absolute Gasteiger partial charge is 0.144 e. The van der Waals surface area contributed by atoms with Gasteiger partial charge in [-0.3, -0.25) is 0 Å². The van der Waals surface area contributed by atoms with E-state index < -0.39 is 0 Å². The van der Waals surface area contributed by atoms with Crippen molar-refractivity contribution in [3.8, 4) is 0 Å². The quantitative estimate of drug-likeness (QED) is 0.698. The van der Waals surface area contributed by atoms with Crippen LogP contribution in [0.3, 0.4) is 0 Å². The lowest BCUT2D eigenvalue weighted by Crippen LogP contribution is -2.16. The zero-order valence-corrected chi connectivity index (χ0v) is 11.5. The van der Waals surface area contributed by atoms with Crippen molar-refractivity contribution in [3.05, 3.63) is 35.2 Å². The zero-order chi connectivity index (χ0) is 10.9. The summed E-state index contributed by atoms with van der Waals surface area (Å²) in [7, 11) is 0. The van der Waals surface area contributed by atoms with Gasteiger partial charge in [0.15, 0.2) is 0 Å². The van der Waals surface area contributed by atoms with Gasteiger partial charge >= 0.3 is 0 Å². The van der Waals surface area contributed by atoms with Gasteiger partial charge in [0, 0.05) is 10.0 Å². The summed E-state index contributed by atoms with van der Waals surface area (Å²) in [5.74, 6) is 0. The molecule has 2 rings (SSSR count). The maximum Gasteiger partial charge on any atom is 0.0345 e. The van der Waals surface area contributed by atoms with Crippen LogP contribution in [0, 0.1) is 0 Å². The van der Waals surface area contributed by atoms with E-state index in [4.69, 9.17) is 0 Å². The summed E-state index contributed by atoms with van der Waals surface area (Å²) >= 11 is 5.39. The summed E-state index contributed by atoms with van der Waals surface area (Å²) in [5, 5.41) is 4.80. The molecule has 1 aromatic heterocycles. The molecule has 1 heterocycles. The van der Waals surface area contributed by atoms with Crippen LogP contribution in [0.4, 0.5) is 0 Å². The highest BCUT2D eigenvalue weighted by Gasteiger charge is 2.22. The fourth-order valence-corrected chi connectivity index (χ4v) is 4.02. The van der Waals surface area contributed by atoms with Gasteiger partial charge in [-0.25, -0.2) is 0 Å². The first kappa shape index (κ1) is 11.2. The molecule has 80 valence electrons. The van der Waals surface area contributed by atoms with Gasteiger partial charge in [-0.15, -0.1) is 11.3 Å². The molecular weight excluding hydrogens is 268 g/mol. The number of fused-ring (bicyclic) bond motifs is 1. The van der Waals surface area contributed by atoms with Crippen molar-refractivity contribution < 1.29 is 0 Å². The Kier molecular flexibility index (Phi) is 3.17. The van der Waals surface area contributed by atoms with E-state index in [1.165, 1.54) is 22.1 Å². The lowest BCUT2D eigenvalue weighted by Gasteiger charge is -2.23. The van der Waals surface area contributed by atoms with E-state index in [1.54, 1.807) is 0 Å². The van der Waals surface area contributed by atoms with Crippen LogP contribution in [-0.4, -0.2) is 5.33 Å². The van der Waals surface area contributed by atoms with Gasteiger partial charge in [-0.2, -0.15) is 0 Å². The SMILES string of the molecule is CC(C)(CCBr)c1csc2ccccc12. The highest BCUT2D eigenvalue weighted by Crippen LogP contribution is 2.36. The van der Waals surface area contributed by atoms with Gasteiger partial charge in [0.2, 0.25) is 0 Å². The highest BCUT2D eigenvalue weighted by atomic mass is 79.9. The minimum absolute atomic E-state index is 0.267. The molecule has 0 bridgehead atoms.